The molecule has 0 saturated heterocycles. The molecule has 0 aromatic carbocycles. The summed E-state index contributed by atoms with van der Waals surface area (Å²) in [6, 6.07) is 12.4. The van der Waals surface area contributed by atoms with Crippen molar-refractivity contribution in [2.24, 2.45) is 0 Å². The van der Waals surface area contributed by atoms with Crippen LogP contribution < -0.4 is 34.4 Å². The smallest absolute Gasteiger partial charge is 0.141 e. The van der Waals surface area contributed by atoms with Gasteiger partial charge in [-0.15, -0.1) is 0 Å². The zero-order valence-corrected chi connectivity index (χ0v) is 77.1. The highest BCUT2D eigenvalue weighted by molar-refractivity contribution is 7.99. The molecule has 0 saturated carbocycles. The van der Waals surface area contributed by atoms with Gasteiger partial charge in [-0.3, -0.25) is 29.9 Å². The van der Waals surface area contributed by atoms with Gasteiger partial charge in [-0.2, -0.15) is 0 Å². The quantitative estimate of drug-likeness (QED) is 0.0327. The molecule has 26 heteroatoms. The highest BCUT2D eigenvalue weighted by Crippen LogP contribution is 2.39. The van der Waals surface area contributed by atoms with Gasteiger partial charge < -0.3 is 34.4 Å². The van der Waals surface area contributed by atoms with Crippen LogP contribution in [0.5, 0.6) is 0 Å². The minimum Gasteiger partial charge on any atom is -0.383 e. The molecule has 12 N–H and O–H groups in total. The zero-order chi connectivity index (χ0) is 90.8. The minimum atomic E-state index is 0.381. The summed E-state index contributed by atoms with van der Waals surface area (Å²) in [4.78, 5) is 81.2. The molecule has 12 aromatic rings. The summed E-state index contributed by atoms with van der Waals surface area (Å²) >= 11 is 3.15. The minimum absolute atomic E-state index is 0.381. The summed E-state index contributed by atoms with van der Waals surface area (Å²) in [5.41, 5.74) is 59.9. The van der Waals surface area contributed by atoms with E-state index in [4.69, 9.17) is 34.4 Å². The van der Waals surface area contributed by atoms with Crippen LogP contribution in [0.15, 0.2) is 170 Å². The van der Waals surface area contributed by atoms with Gasteiger partial charge in [0.25, 0.3) is 0 Å². The average Bonchev–Trinajstić information content (AvgIpc) is 0.867. The van der Waals surface area contributed by atoms with E-state index >= 15 is 0 Å². The van der Waals surface area contributed by atoms with Crippen LogP contribution in [-0.2, 0) is 25.7 Å². The fourth-order valence-corrected chi connectivity index (χ4v) is 14.7. The Morgan fingerprint density at radius 3 is 0.740 bits per heavy atom. The molecule has 0 unspecified atom stereocenters. The molecule has 0 amide bonds. The summed E-state index contributed by atoms with van der Waals surface area (Å²) in [7, 11) is 0. The Balaban J connectivity index is 0.000000203. The number of nitrogens with zero attached hydrogens (tertiary/aromatic N) is 18. The fraction of sp³-hybridized carbons (Fsp3) is 0.320. The third-order valence-corrected chi connectivity index (χ3v) is 21.7. The Morgan fingerprint density at radius 1 is 0.268 bits per heavy atom. The van der Waals surface area contributed by atoms with Crippen molar-refractivity contribution in [2.75, 3.05) is 34.4 Å². The molecule has 12 aromatic heterocycles. The molecule has 12 heterocycles. The highest BCUT2D eigenvalue weighted by Gasteiger charge is 2.20. The topological polar surface area (TPSA) is 388 Å². The Hall–Kier alpha value is -12.7. The second-order valence-corrected chi connectivity index (χ2v) is 34.0. The van der Waals surface area contributed by atoms with Crippen LogP contribution in [0.25, 0.3) is 34.9 Å². The van der Waals surface area contributed by atoms with Crippen LogP contribution in [0.1, 0.15) is 286 Å². The maximum atomic E-state index is 6.01. The van der Waals surface area contributed by atoms with Crippen LogP contribution in [0, 0.1) is 41.5 Å². The number of allylic oxidation sites excluding steroid dienone is 3. The lowest BCUT2D eigenvalue weighted by Crippen LogP contribution is -2.05. The van der Waals surface area contributed by atoms with E-state index in [1.807, 2.05) is 118 Å². The second-order valence-electron chi connectivity index (χ2n) is 31.8. The Morgan fingerprint density at radius 2 is 0.488 bits per heavy atom. The van der Waals surface area contributed by atoms with Crippen molar-refractivity contribution < 1.29 is 0 Å². The molecule has 0 spiro atoms. The van der Waals surface area contributed by atoms with Crippen molar-refractivity contribution in [3.8, 4) is 0 Å². The van der Waals surface area contributed by atoms with Crippen molar-refractivity contribution in [2.45, 2.75) is 226 Å². The molecule has 0 bridgehead atoms. The monoisotopic (exact) mass is 1690 g/mol. The van der Waals surface area contributed by atoms with Crippen molar-refractivity contribution in [1.82, 2.24) is 89.7 Å². The number of aromatic nitrogens is 18. The summed E-state index contributed by atoms with van der Waals surface area (Å²) in [5, 5.41) is 0. The lowest BCUT2D eigenvalue weighted by Gasteiger charge is -2.15. The number of rotatable bonds is 24. The zero-order valence-electron chi connectivity index (χ0n) is 75.5. The van der Waals surface area contributed by atoms with Crippen LogP contribution >= 0.6 is 23.5 Å². The van der Waals surface area contributed by atoms with Crippen LogP contribution in [0.3, 0.4) is 0 Å². The van der Waals surface area contributed by atoms with Gasteiger partial charge in [0.1, 0.15) is 69.9 Å². The average molecular weight is 1690 g/mol. The molecule has 12 rings (SSSR count). The van der Waals surface area contributed by atoms with Gasteiger partial charge in [0, 0.05) is 132 Å². The third kappa shape index (κ3) is 28.7. The third-order valence-electron chi connectivity index (χ3n) is 19.5. The summed E-state index contributed by atoms with van der Waals surface area (Å²) < 4.78 is 0. The van der Waals surface area contributed by atoms with E-state index in [0.29, 0.717) is 131 Å². The summed E-state index contributed by atoms with van der Waals surface area (Å²) in [5.74, 6) is 9.71. The van der Waals surface area contributed by atoms with E-state index in [0.717, 1.165) is 92.7 Å². The van der Waals surface area contributed by atoms with Crippen LogP contribution in [-0.4, -0.2) is 89.7 Å². The molecular weight excluding hydrogens is 1570 g/mol. The number of hydrogen-bond donors (Lipinski definition) is 6. The molecule has 0 atom stereocenters. The van der Waals surface area contributed by atoms with Gasteiger partial charge in [-0.1, -0.05) is 146 Å². The number of nitrogens with two attached hydrogens (primary N) is 6. The molecule has 642 valence electrons. The van der Waals surface area contributed by atoms with Crippen LogP contribution in [0.2, 0.25) is 0 Å². The Kier molecular flexibility index (Phi) is 36.3. The Bertz CT molecular complexity index is 5180. The van der Waals surface area contributed by atoms with Gasteiger partial charge >= 0.3 is 0 Å². The SMILES string of the molecule is C=C(C)c1cc(Cc2cnc(C)nc2N)c(C(C)C)cn1.C=C(C)c1cc(Cc2cnc(C)nc2N)c(C(C)C)cn1.C=C(C)c1cc(Sc2cnc(C)nc2N)c(C(C)C)cn1.C=Cc1cc(Cc2cnc(C)nc2N)c(C(C)C)cn1.C=Cc1cc(Cc2cnc(C)nc2N)c(C(C)C)cn1.C=Cc1cc(Sc2cnc(C)nc2N)c(C(C)C)cn1. The Labute approximate surface area is 736 Å². The summed E-state index contributed by atoms with van der Waals surface area (Å²) in [6.45, 7) is 65.9. The lowest BCUT2D eigenvalue weighted by atomic mass is 9.94. The number of aryl methyl sites for hydroxylation is 6. The van der Waals surface area contributed by atoms with E-state index in [9.17, 15) is 0 Å². The normalized spacial score (nSPS) is 10.9. The van der Waals surface area contributed by atoms with Crippen molar-refractivity contribution in [3.63, 3.8) is 0 Å². The van der Waals surface area contributed by atoms with E-state index in [1.165, 1.54) is 55.6 Å². The standard InChI is InChI=1S/2C17H22N4.C16H20N4S.2C16H20N4.C15H18N4S/c2*1-10(2)15-9-20-16(11(3)4)7-13(15)6-14-8-19-12(5)21-17(14)18;1-9(2)12-7-19-13(10(3)4)6-14(12)21-15-8-18-11(5)20-16(15)17;2*1-5-14-7-12(15(9-19-14)10(2)3)6-13-8-18-11(4)20-16(13)17;1-5-11-6-13(12(7-18-11)9(2)3)20-14-8-17-10(4)19-15(14)16/h2*7-10H,3,6H2,1-2,4-5H3,(H2,18,19,21);6-9H,3H2,1-2,4-5H3,(H2,17,18,20);2*5,7-10H,1,6H2,2-4H3,(H2,17,18,20);5-9H,1H2,2-4H3,(H2,16,17,19). The predicted octanol–water partition coefficient (Wildman–Crippen LogP) is 21.0. The molecule has 0 aliphatic carbocycles. The van der Waals surface area contributed by atoms with Gasteiger partial charge in [0.05, 0.1) is 44.0 Å². The van der Waals surface area contributed by atoms with Gasteiger partial charge in [-0.25, -0.2) is 59.8 Å². The second kappa shape index (κ2) is 45.8. The first-order valence-electron chi connectivity index (χ1n) is 40.8. The van der Waals surface area contributed by atoms with E-state index in [2.05, 4.69) is 243 Å². The largest absolute Gasteiger partial charge is 0.383 e. The molecule has 0 aliphatic rings. The molecule has 0 radical (unpaired) electrons. The van der Waals surface area contributed by atoms with Crippen molar-refractivity contribution >= 4 is 93.4 Å². The van der Waals surface area contributed by atoms with Crippen LogP contribution in [0.4, 0.5) is 34.9 Å². The van der Waals surface area contributed by atoms with Crippen molar-refractivity contribution in [3.05, 3.63) is 297 Å². The number of nitrogen functional groups attached to an aromatic ring is 6. The molecule has 24 nitrogen and oxygen atoms in total. The highest BCUT2D eigenvalue weighted by atomic mass is 32.2. The first-order valence-corrected chi connectivity index (χ1v) is 42.5. The van der Waals surface area contributed by atoms with Gasteiger partial charge in [0.2, 0.25) is 0 Å². The van der Waals surface area contributed by atoms with Gasteiger partial charge in [0.15, 0.2) is 0 Å². The molecule has 0 aliphatic heterocycles. The number of hydrogen-bond acceptors (Lipinski definition) is 26. The van der Waals surface area contributed by atoms with Crippen molar-refractivity contribution in [1.29, 1.82) is 0 Å². The molecular formula is C97H122N24S2. The first-order chi connectivity index (χ1) is 58.2. The summed E-state index contributed by atoms with van der Waals surface area (Å²) in [6.07, 6.45) is 30.4. The lowest BCUT2D eigenvalue weighted by molar-refractivity contribution is 0.830. The maximum absolute atomic E-state index is 6.01. The number of anilines is 6. The van der Waals surface area contributed by atoms with Gasteiger partial charge in [-0.05, 0) is 225 Å². The van der Waals surface area contributed by atoms with E-state index < -0.39 is 0 Å². The number of pyridine rings is 6. The van der Waals surface area contributed by atoms with E-state index in [1.54, 1.807) is 66.5 Å². The maximum Gasteiger partial charge on any atom is 0.141 e. The molecule has 0 fully saturated rings. The van der Waals surface area contributed by atoms with E-state index in [-0.39, 0.29) is 0 Å². The molecule has 123 heavy (non-hydrogen) atoms. The fourth-order valence-electron chi connectivity index (χ4n) is 12.5. The first kappa shape index (κ1) is 97.4. The predicted molar refractivity (Wildman–Crippen MR) is 511 cm³/mol.